The molecule has 1 amide bonds. The number of amides is 1. The third-order valence-corrected chi connectivity index (χ3v) is 3.19. The summed E-state index contributed by atoms with van der Waals surface area (Å²) in [5.41, 5.74) is 2.31. The van der Waals surface area contributed by atoms with Gasteiger partial charge < -0.3 is 10.0 Å². The summed E-state index contributed by atoms with van der Waals surface area (Å²) in [4.78, 5) is 13.4. The maximum atomic E-state index is 11.7. The van der Waals surface area contributed by atoms with E-state index in [4.69, 9.17) is 5.11 Å². The number of halogens is 1. The summed E-state index contributed by atoms with van der Waals surface area (Å²) in [5.74, 6) is 0.0680. The summed E-state index contributed by atoms with van der Waals surface area (Å²) < 4.78 is 1.02. The van der Waals surface area contributed by atoms with E-state index in [0.29, 0.717) is 19.4 Å². The molecule has 17 heavy (non-hydrogen) atoms. The molecule has 0 atom stereocenters. The molecule has 0 aliphatic rings. The largest absolute Gasteiger partial charge is 0.396 e. The number of hydrogen-bond donors (Lipinski definition) is 1. The van der Waals surface area contributed by atoms with E-state index in [2.05, 4.69) is 15.9 Å². The Bertz CT molecular complexity index is 393. The average Bonchev–Trinajstić information content (AvgIpc) is 2.30. The zero-order valence-electron chi connectivity index (χ0n) is 10.2. The van der Waals surface area contributed by atoms with Crippen LogP contribution in [-0.2, 0) is 11.3 Å². The fourth-order valence-corrected chi connectivity index (χ4v) is 1.98. The number of aryl methyl sites for hydroxylation is 1. The van der Waals surface area contributed by atoms with Crippen molar-refractivity contribution in [3.8, 4) is 0 Å². The molecular formula is C13H18BrNO2. The van der Waals surface area contributed by atoms with Crippen LogP contribution in [0.5, 0.6) is 0 Å². The van der Waals surface area contributed by atoms with Gasteiger partial charge in [0.1, 0.15) is 0 Å². The van der Waals surface area contributed by atoms with Gasteiger partial charge in [-0.25, -0.2) is 0 Å². The lowest BCUT2D eigenvalue weighted by Crippen LogP contribution is -2.26. The number of carbonyl (C=O) groups excluding carboxylic acids is 1. The Labute approximate surface area is 111 Å². The Kier molecular flexibility index (Phi) is 5.65. The van der Waals surface area contributed by atoms with Gasteiger partial charge >= 0.3 is 0 Å². The van der Waals surface area contributed by atoms with Crippen LogP contribution in [0.1, 0.15) is 24.0 Å². The fourth-order valence-electron chi connectivity index (χ4n) is 1.58. The quantitative estimate of drug-likeness (QED) is 0.907. The van der Waals surface area contributed by atoms with Gasteiger partial charge in [0.25, 0.3) is 0 Å². The zero-order valence-corrected chi connectivity index (χ0v) is 11.8. The van der Waals surface area contributed by atoms with Crippen molar-refractivity contribution in [2.75, 3.05) is 13.7 Å². The van der Waals surface area contributed by atoms with E-state index in [0.717, 1.165) is 10.0 Å². The van der Waals surface area contributed by atoms with Gasteiger partial charge in [-0.15, -0.1) is 0 Å². The molecule has 1 rings (SSSR count). The smallest absolute Gasteiger partial charge is 0.222 e. The highest BCUT2D eigenvalue weighted by atomic mass is 79.9. The Morgan fingerprint density at radius 3 is 2.82 bits per heavy atom. The van der Waals surface area contributed by atoms with Crippen LogP contribution in [0.3, 0.4) is 0 Å². The number of aliphatic hydroxyl groups excluding tert-OH is 1. The Hall–Kier alpha value is -0.870. The van der Waals surface area contributed by atoms with E-state index in [1.54, 1.807) is 11.9 Å². The van der Waals surface area contributed by atoms with Crippen LogP contribution in [-0.4, -0.2) is 29.6 Å². The molecule has 3 nitrogen and oxygen atoms in total. The van der Waals surface area contributed by atoms with E-state index < -0.39 is 0 Å². The number of rotatable bonds is 5. The SMILES string of the molecule is Cc1ccc(Br)cc1CN(C)C(=O)CCCO. The van der Waals surface area contributed by atoms with E-state index >= 15 is 0 Å². The lowest BCUT2D eigenvalue weighted by Gasteiger charge is -2.18. The summed E-state index contributed by atoms with van der Waals surface area (Å²) in [7, 11) is 1.79. The molecular weight excluding hydrogens is 282 g/mol. The normalized spacial score (nSPS) is 10.4. The molecule has 1 aromatic carbocycles. The summed E-state index contributed by atoms with van der Waals surface area (Å²) in [6.45, 7) is 2.71. The van der Waals surface area contributed by atoms with Crippen LogP contribution in [0.4, 0.5) is 0 Å². The van der Waals surface area contributed by atoms with Crippen molar-refractivity contribution in [3.63, 3.8) is 0 Å². The highest BCUT2D eigenvalue weighted by Crippen LogP contribution is 2.17. The van der Waals surface area contributed by atoms with Crippen molar-refractivity contribution in [3.05, 3.63) is 33.8 Å². The van der Waals surface area contributed by atoms with Gasteiger partial charge in [-0.2, -0.15) is 0 Å². The second kappa shape index (κ2) is 6.77. The third-order valence-electron chi connectivity index (χ3n) is 2.69. The monoisotopic (exact) mass is 299 g/mol. The first-order chi connectivity index (χ1) is 8.04. The molecule has 0 aliphatic carbocycles. The predicted molar refractivity (Wildman–Crippen MR) is 71.7 cm³/mol. The van der Waals surface area contributed by atoms with E-state index in [-0.39, 0.29) is 12.5 Å². The molecule has 1 aromatic rings. The van der Waals surface area contributed by atoms with Crippen molar-refractivity contribution >= 4 is 21.8 Å². The Morgan fingerprint density at radius 2 is 2.18 bits per heavy atom. The van der Waals surface area contributed by atoms with Crippen LogP contribution in [0.15, 0.2) is 22.7 Å². The number of hydrogen-bond acceptors (Lipinski definition) is 2. The first-order valence-electron chi connectivity index (χ1n) is 5.64. The fraction of sp³-hybridized carbons (Fsp3) is 0.462. The summed E-state index contributed by atoms with van der Waals surface area (Å²) >= 11 is 3.43. The van der Waals surface area contributed by atoms with Gasteiger partial charge in [-0.3, -0.25) is 4.79 Å². The molecule has 0 heterocycles. The molecule has 0 saturated carbocycles. The van der Waals surface area contributed by atoms with Crippen molar-refractivity contribution in [1.82, 2.24) is 4.90 Å². The van der Waals surface area contributed by atoms with Crippen LogP contribution in [0.25, 0.3) is 0 Å². The summed E-state index contributed by atoms with van der Waals surface area (Å²) in [5, 5.41) is 8.69. The van der Waals surface area contributed by atoms with Crippen molar-refractivity contribution in [1.29, 1.82) is 0 Å². The average molecular weight is 300 g/mol. The molecule has 0 saturated heterocycles. The third kappa shape index (κ3) is 4.48. The molecule has 0 aliphatic heterocycles. The molecule has 0 fully saturated rings. The van der Waals surface area contributed by atoms with Gasteiger partial charge in [0.2, 0.25) is 5.91 Å². The van der Waals surface area contributed by atoms with E-state index in [1.165, 1.54) is 5.56 Å². The molecule has 0 radical (unpaired) electrons. The summed E-state index contributed by atoms with van der Waals surface area (Å²) in [6, 6.07) is 6.06. The molecule has 0 bridgehead atoms. The number of benzene rings is 1. The topological polar surface area (TPSA) is 40.5 Å². The highest BCUT2D eigenvalue weighted by molar-refractivity contribution is 9.10. The van der Waals surface area contributed by atoms with Crippen molar-refractivity contribution < 1.29 is 9.90 Å². The van der Waals surface area contributed by atoms with Gasteiger partial charge in [0.15, 0.2) is 0 Å². The molecule has 0 unspecified atom stereocenters. The van der Waals surface area contributed by atoms with Gasteiger partial charge in [0.05, 0.1) is 0 Å². The van der Waals surface area contributed by atoms with Crippen molar-refractivity contribution in [2.45, 2.75) is 26.3 Å². The number of carbonyl (C=O) groups is 1. The van der Waals surface area contributed by atoms with E-state index in [1.807, 2.05) is 25.1 Å². The molecule has 4 heteroatoms. The Morgan fingerprint density at radius 1 is 1.47 bits per heavy atom. The first kappa shape index (κ1) is 14.2. The number of nitrogens with zero attached hydrogens (tertiary/aromatic N) is 1. The lowest BCUT2D eigenvalue weighted by molar-refractivity contribution is -0.130. The van der Waals surface area contributed by atoms with Crippen LogP contribution in [0, 0.1) is 6.92 Å². The molecule has 0 aromatic heterocycles. The molecule has 0 spiro atoms. The van der Waals surface area contributed by atoms with Crippen LogP contribution < -0.4 is 0 Å². The minimum atomic E-state index is 0.0650. The second-order valence-corrected chi connectivity index (χ2v) is 5.06. The van der Waals surface area contributed by atoms with Crippen molar-refractivity contribution in [2.24, 2.45) is 0 Å². The second-order valence-electron chi connectivity index (χ2n) is 4.15. The molecule has 94 valence electrons. The van der Waals surface area contributed by atoms with E-state index in [9.17, 15) is 4.79 Å². The standard InChI is InChI=1S/C13H18BrNO2/c1-10-5-6-12(14)8-11(10)9-15(2)13(17)4-3-7-16/h5-6,8,16H,3-4,7,9H2,1-2H3. The zero-order chi connectivity index (χ0) is 12.8. The van der Waals surface area contributed by atoms with Gasteiger partial charge in [-0.1, -0.05) is 22.0 Å². The lowest BCUT2D eigenvalue weighted by atomic mass is 10.1. The Balaban J connectivity index is 2.64. The summed E-state index contributed by atoms with van der Waals surface area (Å²) in [6.07, 6.45) is 0.931. The minimum Gasteiger partial charge on any atom is -0.396 e. The minimum absolute atomic E-state index is 0.0650. The van der Waals surface area contributed by atoms with Crippen LogP contribution >= 0.6 is 15.9 Å². The van der Waals surface area contributed by atoms with Gasteiger partial charge in [0, 0.05) is 31.1 Å². The first-order valence-corrected chi connectivity index (χ1v) is 6.43. The highest BCUT2D eigenvalue weighted by Gasteiger charge is 2.10. The maximum Gasteiger partial charge on any atom is 0.222 e. The number of aliphatic hydroxyl groups is 1. The maximum absolute atomic E-state index is 11.7. The predicted octanol–water partition coefficient (Wildman–Crippen LogP) is 2.49. The van der Waals surface area contributed by atoms with Crippen LogP contribution in [0.2, 0.25) is 0 Å². The van der Waals surface area contributed by atoms with Gasteiger partial charge in [-0.05, 0) is 36.6 Å². The molecule has 1 N–H and O–H groups in total.